The highest BCUT2D eigenvalue weighted by atomic mass is 79.9. The summed E-state index contributed by atoms with van der Waals surface area (Å²) in [6, 6.07) is 10.2. The number of hydrogen-bond donors (Lipinski definition) is 1. The summed E-state index contributed by atoms with van der Waals surface area (Å²) in [5, 5.41) is 0.460. The van der Waals surface area contributed by atoms with Crippen molar-refractivity contribution in [1.29, 1.82) is 0 Å². The Bertz CT molecular complexity index is 689. The van der Waals surface area contributed by atoms with E-state index in [1.807, 2.05) is 6.07 Å². The van der Waals surface area contributed by atoms with Crippen molar-refractivity contribution in [3.63, 3.8) is 0 Å². The van der Waals surface area contributed by atoms with Crippen molar-refractivity contribution in [2.75, 3.05) is 19.8 Å². The zero-order valence-electron chi connectivity index (χ0n) is 11.6. The van der Waals surface area contributed by atoms with Gasteiger partial charge in [-0.2, -0.15) is 0 Å². The minimum absolute atomic E-state index is 0.125. The molecule has 0 aromatic heterocycles. The highest BCUT2D eigenvalue weighted by Crippen LogP contribution is 2.35. The molecule has 0 atom stereocenters. The third kappa shape index (κ3) is 3.68. The second-order valence-corrected chi connectivity index (χ2v) is 5.95. The molecule has 4 nitrogen and oxygen atoms in total. The highest BCUT2D eigenvalue weighted by Gasteiger charge is 2.13. The molecule has 0 bridgehead atoms. The fraction of sp³-hybridized carbons (Fsp3) is 0.133. The van der Waals surface area contributed by atoms with Gasteiger partial charge in [0.25, 0.3) is 5.91 Å². The van der Waals surface area contributed by atoms with Crippen molar-refractivity contribution >= 4 is 39.1 Å². The second kappa shape index (κ2) is 6.37. The molecule has 0 radical (unpaired) electrons. The molecule has 0 spiro atoms. The van der Waals surface area contributed by atoms with Crippen molar-refractivity contribution in [1.82, 2.24) is 4.90 Å². The Hall–Kier alpha value is -1.72. The summed E-state index contributed by atoms with van der Waals surface area (Å²) in [6.45, 7) is 0. The number of rotatable bonds is 3. The van der Waals surface area contributed by atoms with Crippen LogP contribution in [0.4, 0.5) is 5.69 Å². The van der Waals surface area contributed by atoms with Gasteiger partial charge >= 0.3 is 0 Å². The molecule has 0 aliphatic carbocycles. The third-order valence-electron chi connectivity index (χ3n) is 2.78. The van der Waals surface area contributed by atoms with E-state index in [1.54, 1.807) is 44.4 Å². The van der Waals surface area contributed by atoms with Gasteiger partial charge in [0, 0.05) is 24.1 Å². The molecule has 0 aliphatic rings. The molecule has 0 aliphatic heterocycles. The van der Waals surface area contributed by atoms with Crippen LogP contribution in [0.2, 0.25) is 5.02 Å². The van der Waals surface area contributed by atoms with Crippen LogP contribution < -0.4 is 10.5 Å². The normalized spacial score (nSPS) is 10.3. The van der Waals surface area contributed by atoms with Gasteiger partial charge in [0.1, 0.15) is 5.75 Å². The molecular formula is C15H14BrClN2O2. The summed E-state index contributed by atoms with van der Waals surface area (Å²) in [5.74, 6) is 0.732. The van der Waals surface area contributed by atoms with Gasteiger partial charge in [0.15, 0.2) is 5.75 Å². The van der Waals surface area contributed by atoms with Crippen LogP contribution in [0.15, 0.2) is 40.9 Å². The van der Waals surface area contributed by atoms with E-state index in [1.165, 1.54) is 4.90 Å². The predicted octanol–water partition coefficient (Wildman–Crippen LogP) is 4.18. The molecule has 2 N–H and O–H groups in total. The van der Waals surface area contributed by atoms with Gasteiger partial charge in [-0.3, -0.25) is 4.79 Å². The van der Waals surface area contributed by atoms with Crippen LogP contribution in [-0.4, -0.2) is 24.9 Å². The first-order valence-corrected chi connectivity index (χ1v) is 7.29. The summed E-state index contributed by atoms with van der Waals surface area (Å²) >= 11 is 9.44. The first kappa shape index (κ1) is 15.7. The number of carbonyl (C=O) groups excluding carboxylic acids is 1. The van der Waals surface area contributed by atoms with E-state index in [0.29, 0.717) is 27.8 Å². The molecule has 1 amide bonds. The third-order valence-corrected chi connectivity index (χ3v) is 3.59. The van der Waals surface area contributed by atoms with Gasteiger partial charge in [-0.25, -0.2) is 0 Å². The number of carbonyl (C=O) groups is 1. The molecule has 6 heteroatoms. The quantitative estimate of drug-likeness (QED) is 0.826. The molecule has 0 saturated carbocycles. The minimum atomic E-state index is -0.125. The van der Waals surface area contributed by atoms with Crippen LogP contribution in [0.25, 0.3) is 0 Å². The fourth-order valence-corrected chi connectivity index (χ4v) is 2.18. The van der Waals surface area contributed by atoms with Gasteiger partial charge < -0.3 is 15.4 Å². The van der Waals surface area contributed by atoms with E-state index < -0.39 is 0 Å². The van der Waals surface area contributed by atoms with Gasteiger partial charge in [-0.1, -0.05) is 27.5 Å². The molecule has 2 aromatic carbocycles. The summed E-state index contributed by atoms with van der Waals surface area (Å²) in [4.78, 5) is 13.5. The lowest BCUT2D eigenvalue weighted by Gasteiger charge is -2.14. The minimum Gasteiger partial charge on any atom is -0.454 e. The van der Waals surface area contributed by atoms with E-state index >= 15 is 0 Å². The molecule has 110 valence electrons. The summed E-state index contributed by atoms with van der Waals surface area (Å²) in [6.07, 6.45) is 0. The maximum atomic E-state index is 12.0. The van der Waals surface area contributed by atoms with Crippen LogP contribution in [0.5, 0.6) is 11.5 Å². The zero-order valence-corrected chi connectivity index (χ0v) is 13.9. The van der Waals surface area contributed by atoms with E-state index in [-0.39, 0.29) is 5.91 Å². The lowest BCUT2D eigenvalue weighted by atomic mass is 10.1. The fourth-order valence-electron chi connectivity index (χ4n) is 1.69. The Morgan fingerprint density at radius 3 is 2.57 bits per heavy atom. The molecule has 0 heterocycles. The highest BCUT2D eigenvalue weighted by molar-refractivity contribution is 9.10. The average Bonchev–Trinajstić information content (AvgIpc) is 2.44. The SMILES string of the molecule is CN(C)C(=O)c1ccc(N)c(Oc2cc(Br)ccc2Cl)c1. The van der Waals surface area contributed by atoms with Crippen molar-refractivity contribution < 1.29 is 9.53 Å². The van der Waals surface area contributed by atoms with E-state index in [0.717, 1.165) is 4.47 Å². The van der Waals surface area contributed by atoms with E-state index in [9.17, 15) is 4.79 Å². The summed E-state index contributed by atoms with van der Waals surface area (Å²) in [7, 11) is 3.37. The van der Waals surface area contributed by atoms with Crippen molar-refractivity contribution in [2.24, 2.45) is 0 Å². The Labute approximate surface area is 136 Å². The predicted molar refractivity (Wildman–Crippen MR) is 88.1 cm³/mol. The lowest BCUT2D eigenvalue weighted by molar-refractivity contribution is 0.0827. The zero-order chi connectivity index (χ0) is 15.6. The number of nitrogens with zero attached hydrogens (tertiary/aromatic N) is 1. The maximum absolute atomic E-state index is 12.0. The maximum Gasteiger partial charge on any atom is 0.253 e. The van der Waals surface area contributed by atoms with Crippen LogP contribution in [0, 0.1) is 0 Å². The van der Waals surface area contributed by atoms with Crippen molar-refractivity contribution in [3.8, 4) is 11.5 Å². The van der Waals surface area contributed by atoms with Crippen molar-refractivity contribution in [3.05, 3.63) is 51.5 Å². The number of amides is 1. The van der Waals surface area contributed by atoms with Crippen LogP contribution >= 0.6 is 27.5 Å². The topological polar surface area (TPSA) is 55.6 Å². The van der Waals surface area contributed by atoms with Gasteiger partial charge in [0.2, 0.25) is 0 Å². The number of halogens is 2. The average molecular weight is 370 g/mol. The smallest absolute Gasteiger partial charge is 0.253 e. The Morgan fingerprint density at radius 2 is 1.90 bits per heavy atom. The van der Waals surface area contributed by atoms with Gasteiger partial charge in [-0.15, -0.1) is 0 Å². The molecule has 0 fully saturated rings. The van der Waals surface area contributed by atoms with Crippen LogP contribution in [0.1, 0.15) is 10.4 Å². The number of hydrogen-bond acceptors (Lipinski definition) is 3. The molecule has 21 heavy (non-hydrogen) atoms. The number of ether oxygens (including phenoxy) is 1. The van der Waals surface area contributed by atoms with Crippen LogP contribution in [-0.2, 0) is 0 Å². The molecule has 2 aromatic rings. The Kier molecular flexibility index (Phi) is 4.75. The second-order valence-electron chi connectivity index (χ2n) is 4.63. The molecule has 0 unspecified atom stereocenters. The van der Waals surface area contributed by atoms with Gasteiger partial charge in [-0.05, 0) is 36.4 Å². The van der Waals surface area contributed by atoms with Crippen LogP contribution in [0.3, 0.4) is 0 Å². The first-order chi connectivity index (χ1) is 9.88. The van der Waals surface area contributed by atoms with E-state index in [4.69, 9.17) is 22.1 Å². The monoisotopic (exact) mass is 368 g/mol. The molecular weight excluding hydrogens is 356 g/mol. The Balaban J connectivity index is 2.37. The molecule has 0 saturated heterocycles. The number of anilines is 1. The standard InChI is InChI=1S/C15H14BrClN2O2/c1-19(2)15(20)9-3-6-12(18)14(7-9)21-13-8-10(16)4-5-11(13)17/h3-8H,18H2,1-2H3. The van der Waals surface area contributed by atoms with E-state index in [2.05, 4.69) is 15.9 Å². The van der Waals surface area contributed by atoms with Crippen molar-refractivity contribution in [2.45, 2.75) is 0 Å². The number of nitrogens with two attached hydrogens (primary N) is 1. The Morgan fingerprint density at radius 1 is 1.19 bits per heavy atom. The number of nitrogen functional groups attached to an aromatic ring is 1. The summed E-state index contributed by atoms with van der Waals surface area (Å²) < 4.78 is 6.57. The largest absolute Gasteiger partial charge is 0.454 e. The summed E-state index contributed by atoms with van der Waals surface area (Å²) in [5.41, 5.74) is 6.82. The van der Waals surface area contributed by atoms with Gasteiger partial charge in [0.05, 0.1) is 10.7 Å². The first-order valence-electron chi connectivity index (χ1n) is 6.12. The molecule has 2 rings (SSSR count). The lowest BCUT2D eigenvalue weighted by Crippen LogP contribution is -2.21. The number of benzene rings is 2.